The van der Waals surface area contributed by atoms with Crippen LogP contribution in [0.15, 0.2) is 12.8 Å². The SMILES string of the molecule is C=COCC1CCC(CO[SiH2]C)CC1. The third-order valence-electron chi connectivity index (χ3n) is 2.97. The number of rotatable bonds is 6. The van der Waals surface area contributed by atoms with E-state index < -0.39 is 0 Å². The van der Waals surface area contributed by atoms with Crippen LogP contribution in [-0.4, -0.2) is 23.0 Å². The van der Waals surface area contributed by atoms with E-state index >= 15 is 0 Å². The highest BCUT2D eigenvalue weighted by molar-refractivity contribution is 6.24. The van der Waals surface area contributed by atoms with E-state index in [2.05, 4.69) is 13.1 Å². The number of ether oxygens (including phenoxy) is 1. The first kappa shape index (κ1) is 11.8. The second kappa shape index (κ2) is 7.07. The molecule has 1 fully saturated rings. The van der Waals surface area contributed by atoms with Crippen LogP contribution >= 0.6 is 0 Å². The zero-order chi connectivity index (χ0) is 10.2. The highest BCUT2D eigenvalue weighted by Gasteiger charge is 2.20. The molecule has 3 heteroatoms. The molecule has 0 aliphatic heterocycles. The molecule has 1 aliphatic carbocycles. The highest BCUT2D eigenvalue weighted by atomic mass is 28.2. The molecular weight excluding hydrogens is 192 g/mol. The maximum Gasteiger partial charge on any atom is 0.158 e. The van der Waals surface area contributed by atoms with Gasteiger partial charge in [0.05, 0.1) is 12.9 Å². The maximum absolute atomic E-state index is 5.58. The molecule has 0 aromatic carbocycles. The second-order valence-electron chi connectivity index (χ2n) is 4.05. The number of hydrogen-bond donors (Lipinski definition) is 0. The lowest BCUT2D eigenvalue weighted by atomic mass is 9.83. The van der Waals surface area contributed by atoms with Gasteiger partial charge >= 0.3 is 0 Å². The maximum atomic E-state index is 5.58. The van der Waals surface area contributed by atoms with Crippen LogP contribution in [-0.2, 0) is 9.16 Å². The molecular formula is C11H22O2Si. The fraction of sp³-hybridized carbons (Fsp3) is 0.818. The van der Waals surface area contributed by atoms with E-state index in [4.69, 9.17) is 9.16 Å². The largest absolute Gasteiger partial charge is 0.502 e. The molecule has 0 amide bonds. The standard InChI is InChI=1S/C11H22O2Si/c1-3-12-8-10-4-6-11(7-5-10)9-13-14-2/h3,10-11H,1,4-9,14H2,2H3. The normalized spacial score (nSPS) is 28.1. The summed E-state index contributed by atoms with van der Waals surface area (Å²) in [5.41, 5.74) is 0. The van der Waals surface area contributed by atoms with Gasteiger partial charge in [0.1, 0.15) is 0 Å². The second-order valence-corrected chi connectivity index (χ2v) is 5.03. The smallest absolute Gasteiger partial charge is 0.158 e. The molecule has 0 spiro atoms. The van der Waals surface area contributed by atoms with Gasteiger partial charge in [0.25, 0.3) is 0 Å². The summed E-state index contributed by atoms with van der Waals surface area (Å²) in [6.07, 6.45) is 6.79. The minimum atomic E-state index is -0.195. The minimum absolute atomic E-state index is 0.195. The first-order chi connectivity index (χ1) is 6.86. The van der Waals surface area contributed by atoms with E-state index in [-0.39, 0.29) is 9.76 Å². The molecule has 0 unspecified atom stereocenters. The Bertz CT molecular complexity index is 153. The van der Waals surface area contributed by atoms with Crippen molar-refractivity contribution in [2.24, 2.45) is 11.8 Å². The summed E-state index contributed by atoms with van der Waals surface area (Å²) in [6, 6.07) is 0. The van der Waals surface area contributed by atoms with Gasteiger partial charge in [-0.3, -0.25) is 0 Å². The summed E-state index contributed by atoms with van der Waals surface area (Å²) in [5, 5.41) is 0. The van der Waals surface area contributed by atoms with E-state index in [0.29, 0.717) is 0 Å². The van der Waals surface area contributed by atoms with Gasteiger partial charge in [-0.2, -0.15) is 0 Å². The van der Waals surface area contributed by atoms with Crippen LogP contribution in [0.4, 0.5) is 0 Å². The molecule has 0 atom stereocenters. The molecule has 1 aliphatic rings. The molecule has 1 saturated carbocycles. The van der Waals surface area contributed by atoms with Gasteiger partial charge in [-0.05, 0) is 37.5 Å². The van der Waals surface area contributed by atoms with Gasteiger partial charge in [-0.15, -0.1) is 0 Å². The van der Waals surface area contributed by atoms with Crippen LogP contribution in [0.25, 0.3) is 0 Å². The molecule has 0 aromatic rings. The predicted octanol–water partition coefficient (Wildman–Crippen LogP) is 2.10. The van der Waals surface area contributed by atoms with Crippen molar-refractivity contribution in [2.45, 2.75) is 32.2 Å². The molecule has 0 N–H and O–H groups in total. The van der Waals surface area contributed by atoms with Gasteiger partial charge < -0.3 is 9.16 Å². The Kier molecular flexibility index (Phi) is 5.95. The van der Waals surface area contributed by atoms with Crippen LogP contribution in [0.1, 0.15) is 25.7 Å². The summed E-state index contributed by atoms with van der Waals surface area (Å²) in [7, 11) is -0.195. The lowest BCUT2D eigenvalue weighted by molar-refractivity contribution is 0.129. The van der Waals surface area contributed by atoms with E-state index in [1.165, 1.54) is 25.7 Å². The number of hydrogen-bond acceptors (Lipinski definition) is 2. The lowest BCUT2D eigenvalue weighted by Crippen LogP contribution is -2.21. The van der Waals surface area contributed by atoms with E-state index in [1.807, 2.05) is 0 Å². The molecule has 0 saturated heterocycles. The Morgan fingerprint density at radius 2 is 1.79 bits per heavy atom. The molecule has 0 heterocycles. The van der Waals surface area contributed by atoms with Crippen molar-refractivity contribution in [2.75, 3.05) is 13.2 Å². The molecule has 1 rings (SSSR count). The average molecular weight is 214 g/mol. The van der Waals surface area contributed by atoms with Gasteiger partial charge in [-0.1, -0.05) is 13.1 Å². The van der Waals surface area contributed by atoms with E-state index in [0.717, 1.165) is 25.0 Å². The summed E-state index contributed by atoms with van der Waals surface area (Å²) >= 11 is 0. The van der Waals surface area contributed by atoms with Crippen molar-refractivity contribution < 1.29 is 9.16 Å². The Hall–Kier alpha value is -0.283. The van der Waals surface area contributed by atoms with Crippen molar-refractivity contribution in [1.29, 1.82) is 0 Å². The van der Waals surface area contributed by atoms with Crippen LogP contribution in [0.2, 0.25) is 6.55 Å². The van der Waals surface area contributed by atoms with Crippen LogP contribution in [0.3, 0.4) is 0 Å². The van der Waals surface area contributed by atoms with Gasteiger partial charge in [0.2, 0.25) is 0 Å². The average Bonchev–Trinajstić information content (AvgIpc) is 2.25. The third-order valence-corrected chi connectivity index (χ3v) is 3.62. The fourth-order valence-electron chi connectivity index (χ4n) is 2.05. The van der Waals surface area contributed by atoms with Crippen molar-refractivity contribution in [3.63, 3.8) is 0 Å². The zero-order valence-corrected chi connectivity index (χ0v) is 10.6. The monoisotopic (exact) mass is 214 g/mol. The van der Waals surface area contributed by atoms with Gasteiger partial charge in [0, 0.05) is 6.61 Å². The lowest BCUT2D eigenvalue weighted by Gasteiger charge is -2.27. The van der Waals surface area contributed by atoms with Crippen molar-refractivity contribution >= 4 is 9.76 Å². The third kappa shape index (κ3) is 4.29. The van der Waals surface area contributed by atoms with Gasteiger partial charge in [-0.25, -0.2) is 0 Å². The topological polar surface area (TPSA) is 18.5 Å². The van der Waals surface area contributed by atoms with Gasteiger partial charge in [0.15, 0.2) is 9.76 Å². The highest BCUT2D eigenvalue weighted by Crippen LogP contribution is 2.28. The van der Waals surface area contributed by atoms with E-state index in [1.54, 1.807) is 6.26 Å². The predicted molar refractivity (Wildman–Crippen MR) is 62.0 cm³/mol. The molecule has 2 nitrogen and oxygen atoms in total. The quantitative estimate of drug-likeness (QED) is 0.498. The summed E-state index contributed by atoms with van der Waals surface area (Å²) in [6.45, 7) is 7.63. The Labute approximate surface area is 89.6 Å². The minimum Gasteiger partial charge on any atom is -0.502 e. The Balaban J connectivity index is 2.08. The first-order valence-corrected chi connectivity index (χ1v) is 7.66. The van der Waals surface area contributed by atoms with Crippen molar-refractivity contribution in [1.82, 2.24) is 0 Å². The molecule has 14 heavy (non-hydrogen) atoms. The Morgan fingerprint density at radius 3 is 2.29 bits per heavy atom. The Morgan fingerprint density at radius 1 is 1.21 bits per heavy atom. The van der Waals surface area contributed by atoms with Crippen LogP contribution in [0.5, 0.6) is 0 Å². The van der Waals surface area contributed by atoms with Crippen molar-refractivity contribution in [3.8, 4) is 0 Å². The van der Waals surface area contributed by atoms with Crippen molar-refractivity contribution in [3.05, 3.63) is 12.8 Å². The molecule has 82 valence electrons. The molecule has 0 radical (unpaired) electrons. The first-order valence-electron chi connectivity index (χ1n) is 5.67. The molecule has 0 aromatic heterocycles. The fourth-order valence-corrected chi connectivity index (χ4v) is 2.62. The summed E-state index contributed by atoms with van der Waals surface area (Å²) in [4.78, 5) is 0. The van der Waals surface area contributed by atoms with Crippen LogP contribution < -0.4 is 0 Å². The molecule has 0 bridgehead atoms. The van der Waals surface area contributed by atoms with Crippen LogP contribution in [0, 0.1) is 11.8 Å². The summed E-state index contributed by atoms with van der Waals surface area (Å²) in [5.74, 6) is 1.57. The zero-order valence-electron chi connectivity index (χ0n) is 9.21. The summed E-state index contributed by atoms with van der Waals surface area (Å²) < 4.78 is 10.8. The van der Waals surface area contributed by atoms with E-state index in [9.17, 15) is 0 Å².